The second-order valence-corrected chi connectivity index (χ2v) is 10.8. The van der Waals surface area contributed by atoms with E-state index in [4.69, 9.17) is 4.74 Å². The number of hydrogen-bond acceptors (Lipinski definition) is 5. The summed E-state index contributed by atoms with van der Waals surface area (Å²) in [7, 11) is -2.21. The van der Waals surface area contributed by atoms with Gasteiger partial charge < -0.3 is 15.2 Å². The lowest BCUT2D eigenvalue weighted by Crippen LogP contribution is -2.29. The van der Waals surface area contributed by atoms with Crippen LogP contribution in [0.3, 0.4) is 0 Å². The Morgan fingerprint density at radius 2 is 1.88 bits per heavy atom. The third-order valence-corrected chi connectivity index (χ3v) is 8.20. The summed E-state index contributed by atoms with van der Waals surface area (Å²) >= 11 is 0. The van der Waals surface area contributed by atoms with Gasteiger partial charge in [0.2, 0.25) is 0 Å². The minimum atomic E-state index is -3.74. The molecule has 0 amide bonds. The molecule has 34 heavy (non-hydrogen) atoms. The van der Waals surface area contributed by atoms with E-state index >= 15 is 0 Å². The van der Waals surface area contributed by atoms with E-state index in [1.54, 1.807) is 30.3 Å². The molecule has 0 fully saturated rings. The van der Waals surface area contributed by atoms with Crippen molar-refractivity contribution in [2.75, 3.05) is 17.1 Å². The summed E-state index contributed by atoms with van der Waals surface area (Å²) in [6.07, 6.45) is 5.18. The number of aryl methyl sites for hydroxylation is 2. The zero-order valence-corrected chi connectivity index (χ0v) is 20.2. The van der Waals surface area contributed by atoms with E-state index in [9.17, 15) is 13.5 Å². The molecule has 1 aliphatic heterocycles. The van der Waals surface area contributed by atoms with Gasteiger partial charge in [-0.3, -0.25) is 4.72 Å². The molecule has 0 bridgehead atoms. The van der Waals surface area contributed by atoms with Crippen LogP contribution in [0.25, 0.3) is 0 Å². The highest BCUT2D eigenvalue weighted by molar-refractivity contribution is 7.92. The summed E-state index contributed by atoms with van der Waals surface area (Å²) in [4.78, 5) is 0.243. The van der Waals surface area contributed by atoms with E-state index in [1.165, 1.54) is 7.11 Å². The summed E-state index contributed by atoms with van der Waals surface area (Å²) in [6.45, 7) is 3.88. The zero-order chi connectivity index (χ0) is 24.0. The molecule has 0 saturated carbocycles. The van der Waals surface area contributed by atoms with Gasteiger partial charge in [-0.1, -0.05) is 35.9 Å². The molecule has 3 aromatic rings. The van der Waals surface area contributed by atoms with Crippen LogP contribution in [0.5, 0.6) is 11.5 Å². The van der Waals surface area contributed by atoms with Gasteiger partial charge in [-0.2, -0.15) is 0 Å². The minimum Gasteiger partial charge on any atom is -0.504 e. The van der Waals surface area contributed by atoms with Crippen LogP contribution in [-0.2, 0) is 10.0 Å². The molecule has 3 atom stereocenters. The molecular formula is C27H28N2O4S. The van der Waals surface area contributed by atoms with Crippen LogP contribution in [0, 0.1) is 19.8 Å². The lowest BCUT2D eigenvalue weighted by molar-refractivity contribution is 0.371. The number of phenols is 1. The monoisotopic (exact) mass is 476 g/mol. The van der Waals surface area contributed by atoms with Crippen molar-refractivity contribution in [1.82, 2.24) is 0 Å². The Morgan fingerprint density at radius 3 is 2.62 bits per heavy atom. The van der Waals surface area contributed by atoms with Crippen LogP contribution in [-0.4, -0.2) is 20.6 Å². The molecule has 3 aromatic carbocycles. The van der Waals surface area contributed by atoms with Gasteiger partial charge in [0.05, 0.1) is 23.7 Å². The molecule has 3 unspecified atom stereocenters. The normalized spacial score (nSPS) is 20.9. The predicted octanol–water partition coefficient (Wildman–Crippen LogP) is 5.64. The number of hydrogen-bond donors (Lipinski definition) is 3. The summed E-state index contributed by atoms with van der Waals surface area (Å²) in [5, 5.41) is 13.9. The van der Waals surface area contributed by atoms with Crippen LogP contribution in [0.15, 0.2) is 71.6 Å². The number of ether oxygens (including phenoxy) is 1. The molecule has 0 spiro atoms. The lowest BCUT2D eigenvalue weighted by Gasteiger charge is -2.37. The highest BCUT2D eigenvalue weighted by Crippen LogP contribution is 2.50. The molecule has 176 valence electrons. The Morgan fingerprint density at radius 1 is 1.06 bits per heavy atom. The number of aromatic hydroxyl groups is 1. The molecule has 0 aromatic heterocycles. The van der Waals surface area contributed by atoms with E-state index < -0.39 is 10.0 Å². The lowest BCUT2D eigenvalue weighted by atomic mass is 9.77. The summed E-state index contributed by atoms with van der Waals surface area (Å²) in [6, 6.07) is 16.4. The van der Waals surface area contributed by atoms with Gasteiger partial charge in [0, 0.05) is 11.6 Å². The fourth-order valence-electron chi connectivity index (χ4n) is 5.10. The van der Waals surface area contributed by atoms with E-state index in [0.29, 0.717) is 11.4 Å². The van der Waals surface area contributed by atoms with Crippen molar-refractivity contribution in [3.63, 3.8) is 0 Å². The van der Waals surface area contributed by atoms with Gasteiger partial charge in [0.25, 0.3) is 10.0 Å². The number of phenolic OH excluding ortho intramolecular Hbond substituents is 1. The van der Waals surface area contributed by atoms with Gasteiger partial charge in [0.15, 0.2) is 11.5 Å². The highest BCUT2D eigenvalue weighted by atomic mass is 32.2. The number of anilines is 2. The molecule has 1 heterocycles. The molecular weight excluding hydrogens is 448 g/mol. The summed E-state index contributed by atoms with van der Waals surface area (Å²) in [5.41, 5.74) is 5.39. The zero-order valence-electron chi connectivity index (χ0n) is 19.4. The van der Waals surface area contributed by atoms with Crippen LogP contribution < -0.4 is 14.8 Å². The molecule has 5 rings (SSSR count). The number of fused-ring (bicyclic) bond motifs is 3. The second-order valence-electron chi connectivity index (χ2n) is 9.08. The average molecular weight is 477 g/mol. The van der Waals surface area contributed by atoms with Crippen molar-refractivity contribution >= 4 is 21.4 Å². The summed E-state index contributed by atoms with van der Waals surface area (Å²) < 4.78 is 34.4. The fraction of sp³-hybridized carbons (Fsp3) is 0.259. The number of rotatable bonds is 5. The average Bonchev–Trinajstić information content (AvgIpc) is 3.30. The number of sulfonamides is 1. The molecule has 3 N–H and O–H groups in total. The van der Waals surface area contributed by atoms with Crippen molar-refractivity contribution in [3.8, 4) is 11.5 Å². The first-order valence-corrected chi connectivity index (χ1v) is 12.8. The van der Waals surface area contributed by atoms with Crippen molar-refractivity contribution < 1.29 is 18.3 Å². The number of benzene rings is 3. The van der Waals surface area contributed by atoms with Gasteiger partial charge in [-0.15, -0.1) is 0 Å². The topological polar surface area (TPSA) is 87.7 Å². The first-order chi connectivity index (χ1) is 16.3. The van der Waals surface area contributed by atoms with Crippen LogP contribution in [0.1, 0.15) is 40.6 Å². The maximum Gasteiger partial charge on any atom is 0.261 e. The molecule has 7 heteroatoms. The van der Waals surface area contributed by atoms with Crippen molar-refractivity contribution in [3.05, 3.63) is 89.0 Å². The Labute approximate surface area is 200 Å². The van der Waals surface area contributed by atoms with Gasteiger partial charge in [0.1, 0.15) is 0 Å². The van der Waals surface area contributed by atoms with E-state index in [0.717, 1.165) is 34.4 Å². The highest BCUT2D eigenvalue weighted by Gasteiger charge is 2.38. The first kappa shape index (κ1) is 22.3. The maximum absolute atomic E-state index is 13.2. The Kier molecular flexibility index (Phi) is 5.52. The minimum absolute atomic E-state index is 0.0138. The first-order valence-electron chi connectivity index (χ1n) is 11.3. The van der Waals surface area contributed by atoms with Gasteiger partial charge >= 0.3 is 0 Å². The van der Waals surface area contributed by atoms with Crippen molar-refractivity contribution in [2.45, 2.75) is 37.1 Å². The Balaban J connectivity index is 1.48. The molecule has 0 radical (unpaired) electrons. The van der Waals surface area contributed by atoms with Crippen molar-refractivity contribution in [2.24, 2.45) is 5.92 Å². The SMILES string of the molecule is COc1ccc(C2Nc3ccc(S(=O)(=O)Nc4ccc(C)cc4C)cc3C3C=CCC32)cc1O. The Hall–Kier alpha value is -3.45. The quantitative estimate of drug-likeness (QED) is 0.415. The van der Waals surface area contributed by atoms with Crippen LogP contribution >= 0.6 is 0 Å². The third kappa shape index (κ3) is 3.90. The van der Waals surface area contributed by atoms with Crippen LogP contribution in [0.2, 0.25) is 0 Å². The molecule has 6 nitrogen and oxygen atoms in total. The fourth-order valence-corrected chi connectivity index (χ4v) is 6.27. The maximum atomic E-state index is 13.2. The van der Waals surface area contributed by atoms with E-state index in [2.05, 4.69) is 22.2 Å². The number of nitrogens with one attached hydrogen (secondary N) is 2. The smallest absolute Gasteiger partial charge is 0.261 e. The summed E-state index contributed by atoms with van der Waals surface area (Å²) in [5.74, 6) is 0.841. The predicted molar refractivity (Wildman–Crippen MR) is 134 cm³/mol. The van der Waals surface area contributed by atoms with Gasteiger partial charge in [-0.05, 0) is 79.3 Å². The molecule has 1 aliphatic carbocycles. The van der Waals surface area contributed by atoms with Crippen molar-refractivity contribution in [1.29, 1.82) is 0 Å². The molecule has 0 saturated heterocycles. The van der Waals surface area contributed by atoms with Gasteiger partial charge in [-0.25, -0.2) is 8.42 Å². The Bertz CT molecular complexity index is 1400. The number of methoxy groups -OCH3 is 1. The second kappa shape index (κ2) is 8.40. The third-order valence-electron chi connectivity index (χ3n) is 6.83. The largest absolute Gasteiger partial charge is 0.504 e. The number of allylic oxidation sites excluding steroid dienone is 2. The molecule has 2 aliphatic rings. The van der Waals surface area contributed by atoms with E-state index in [-0.39, 0.29) is 28.5 Å². The van der Waals surface area contributed by atoms with E-state index in [1.807, 2.05) is 38.1 Å². The standard InChI is InChI=1S/C27H28N2O4S/c1-16-7-10-23(17(2)13-16)29-34(31,32)19-9-11-24-22(15-19)20-5-4-6-21(20)27(28-24)18-8-12-26(33-3)25(30)14-18/h4-5,7-15,20-21,27-30H,6H2,1-3H3. The van der Waals surface area contributed by atoms with Crippen LogP contribution in [0.4, 0.5) is 11.4 Å².